The number of piperidine rings is 1. The zero-order valence-corrected chi connectivity index (χ0v) is 11.3. The maximum absolute atomic E-state index is 11.2. The van der Waals surface area contributed by atoms with Crippen LogP contribution in [0.15, 0.2) is 41.3 Å². The molecule has 1 aromatic heterocycles. The second kappa shape index (κ2) is 5.86. The van der Waals surface area contributed by atoms with Gasteiger partial charge in [-0.15, -0.1) is 0 Å². The largest absolute Gasteiger partial charge is 0.363 e. The van der Waals surface area contributed by atoms with Crippen molar-refractivity contribution in [2.75, 3.05) is 18.0 Å². The molecule has 1 aliphatic rings. The summed E-state index contributed by atoms with van der Waals surface area (Å²) in [6, 6.07) is 10.6. The number of benzene rings is 1. The van der Waals surface area contributed by atoms with E-state index in [1.54, 1.807) is 6.20 Å². The highest BCUT2D eigenvalue weighted by molar-refractivity contribution is 5.34. The van der Waals surface area contributed by atoms with E-state index in [1.807, 2.05) is 0 Å². The normalized spacial score (nSPS) is 16.3. The van der Waals surface area contributed by atoms with Crippen LogP contribution in [0.1, 0.15) is 18.4 Å². The summed E-state index contributed by atoms with van der Waals surface area (Å²) in [5.41, 5.74) is 1.02. The molecule has 0 amide bonds. The van der Waals surface area contributed by atoms with Gasteiger partial charge in [-0.1, -0.05) is 30.3 Å². The molecule has 0 aliphatic carbocycles. The first-order chi connectivity index (χ1) is 9.81. The van der Waals surface area contributed by atoms with E-state index in [1.165, 1.54) is 5.56 Å². The zero-order valence-electron chi connectivity index (χ0n) is 11.3. The van der Waals surface area contributed by atoms with Crippen LogP contribution >= 0.6 is 0 Å². The maximum Gasteiger partial charge on any atom is 0.363 e. The van der Waals surface area contributed by atoms with Crippen LogP contribution < -0.4 is 10.6 Å². The van der Waals surface area contributed by atoms with Gasteiger partial charge in [0, 0.05) is 13.1 Å². The molecule has 2 heterocycles. The van der Waals surface area contributed by atoms with Gasteiger partial charge in [-0.05, 0) is 30.7 Å². The summed E-state index contributed by atoms with van der Waals surface area (Å²) in [6.45, 7) is 1.88. The van der Waals surface area contributed by atoms with Crippen LogP contribution in [-0.2, 0) is 6.42 Å². The van der Waals surface area contributed by atoms with Crippen molar-refractivity contribution >= 4 is 5.82 Å². The van der Waals surface area contributed by atoms with Crippen molar-refractivity contribution in [1.82, 2.24) is 15.2 Å². The summed E-state index contributed by atoms with van der Waals surface area (Å²) in [7, 11) is 0. The lowest BCUT2D eigenvalue weighted by Crippen LogP contribution is -2.36. The average molecular weight is 270 g/mol. The Morgan fingerprint density at radius 3 is 2.65 bits per heavy atom. The molecule has 1 aliphatic heterocycles. The Morgan fingerprint density at radius 2 is 1.95 bits per heavy atom. The maximum atomic E-state index is 11.2. The van der Waals surface area contributed by atoms with E-state index in [2.05, 4.69) is 50.4 Å². The van der Waals surface area contributed by atoms with E-state index in [0.717, 1.165) is 32.4 Å². The Morgan fingerprint density at radius 1 is 1.20 bits per heavy atom. The van der Waals surface area contributed by atoms with Gasteiger partial charge >= 0.3 is 5.69 Å². The summed E-state index contributed by atoms with van der Waals surface area (Å²) in [4.78, 5) is 17.3. The Kier molecular flexibility index (Phi) is 3.76. The third-order valence-electron chi connectivity index (χ3n) is 3.86. The summed E-state index contributed by atoms with van der Waals surface area (Å²) in [5.74, 6) is 1.40. The van der Waals surface area contributed by atoms with Gasteiger partial charge < -0.3 is 4.90 Å². The van der Waals surface area contributed by atoms with Gasteiger partial charge in [-0.2, -0.15) is 10.1 Å². The Balaban J connectivity index is 1.58. The molecular weight excluding hydrogens is 252 g/mol. The molecular formula is C15H18N4O. The molecule has 0 atom stereocenters. The molecule has 1 N–H and O–H groups in total. The Labute approximate surface area is 117 Å². The fraction of sp³-hybridized carbons (Fsp3) is 0.400. The standard InChI is InChI=1S/C15H18N4O/c20-15-17-14(11-16-18-15)19-8-6-13(7-9-19)10-12-4-2-1-3-5-12/h1-5,11,13H,6-10H2,(H,17,18,20). The van der Waals surface area contributed by atoms with Crippen molar-refractivity contribution in [3.05, 3.63) is 52.6 Å². The topological polar surface area (TPSA) is 61.9 Å². The van der Waals surface area contributed by atoms with Gasteiger partial charge in [0.1, 0.15) is 0 Å². The molecule has 3 rings (SSSR count). The number of H-pyrrole nitrogens is 1. The van der Waals surface area contributed by atoms with Crippen molar-refractivity contribution < 1.29 is 0 Å². The Bertz CT molecular complexity index is 603. The van der Waals surface area contributed by atoms with E-state index in [4.69, 9.17) is 0 Å². The lowest BCUT2D eigenvalue weighted by atomic mass is 9.90. The van der Waals surface area contributed by atoms with Crippen LogP contribution in [0, 0.1) is 5.92 Å². The second-order valence-corrected chi connectivity index (χ2v) is 5.27. The molecule has 0 saturated carbocycles. The minimum Gasteiger partial charge on any atom is -0.355 e. The molecule has 2 aromatic rings. The summed E-state index contributed by atoms with van der Waals surface area (Å²) >= 11 is 0. The molecule has 20 heavy (non-hydrogen) atoms. The smallest absolute Gasteiger partial charge is 0.355 e. The van der Waals surface area contributed by atoms with Gasteiger partial charge in [0.2, 0.25) is 0 Å². The highest BCUT2D eigenvalue weighted by atomic mass is 16.1. The molecule has 0 bridgehead atoms. The monoisotopic (exact) mass is 270 g/mol. The number of rotatable bonds is 3. The summed E-state index contributed by atoms with van der Waals surface area (Å²) < 4.78 is 0. The number of aromatic amines is 1. The van der Waals surface area contributed by atoms with E-state index in [-0.39, 0.29) is 5.69 Å². The number of nitrogens with one attached hydrogen (secondary N) is 1. The summed E-state index contributed by atoms with van der Waals surface area (Å²) in [6.07, 6.45) is 5.02. The van der Waals surface area contributed by atoms with Crippen LogP contribution in [-0.4, -0.2) is 28.3 Å². The highest BCUT2D eigenvalue weighted by Crippen LogP contribution is 2.23. The molecule has 0 radical (unpaired) electrons. The minimum absolute atomic E-state index is 0.381. The molecule has 104 valence electrons. The van der Waals surface area contributed by atoms with E-state index >= 15 is 0 Å². The first kappa shape index (κ1) is 12.8. The van der Waals surface area contributed by atoms with Crippen molar-refractivity contribution in [3.8, 4) is 0 Å². The third-order valence-corrected chi connectivity index (χ3v) is 3.86. The van der Waals surface area contributed by atoms with Gasteiger partial charge in [0.25, 0.3) is 0 Å². The van der Waals surface area contributed by atoms with E-state index in [0.29, 0.717) is 11.7 Å². The predicted octanol–water partition coefficient (Wildman–Crippen LogP) is 1.62. The van der Waals surface area contributed by atoms with Crippen LogP contribution in [0.25, 0.3) is 0 Å². The lowest BCUT2D eigenvalue weighted by Gasteiger charge is -2.32. The number of hydrogen-bond donors (Lipinski definition) is 1. The molecule has 5 nitrogen and oxygen atoms in total. The first-order valence-corrected chi connectivity index (χ1v) is 7.02. The molecule has 1 fully saturated rings. The molecule has 1 saturated heterocycles. The quantitative estimate of drug-likeness (QED) is 0.920. The van der Waals surface area contributed by atoms with Crippen LogP contribution in [0.4, 0.5) is 5.82 Å². The minimum atomic E-state index is -0.381. The molecule has 0 spiro atoms. The van der Waals surface area contributed by atoms with E-state index in [9.17, 15) is 4.79 Å². The third kappa shape index (κ3) is 3.04. The van der Waals surface area contributed by atoms with Gasteiger partial charge in [0.15, 0.2) is 5.82 Å². The molecule has 0 unspecified atom stereocenters. The van der Waals surface area contributed by atoms with Crippen molar-refractivity contribution in [2.24, 2.45) is 5.92 Å². The SMILES string of the molecule is O=c1nc(N2CCC(Cc3ccccc3)CC2)cn[nH]1. The Hall–Kier alpha value is -2.17. The van der Waals surface area contributed by atoms with Gasteiger partial charge in [-0.25, -0.2) is 9.89 Å². The fourth-order valence-electron chi connectivity index (χ4n) is 2.77. The van der Waals surface area contributed by atoms with Crippen LogP contribution in [0.5, 0.6) is 0 Å². The number of anilines is 1. The fourth-order valence-corrected chi connectivity index (χ4v) is 2.77. The van der Waals surface area contributed by atoms with Crippen molar-refractivity contribution in [1.29, 1.82) is 0 Å². The second-order valence-electron chi connectivity index (χ2n) is 5.27. The van der Waals surface area contributed by atoms with Crippen LogP contribution in [0.2, 0.25) is 0 Å². The van der Waals surface area contributed by atoms with Crippen molar-refractivity contribution in [2.45, 2.75) is 19.3 Å². The number of nitrogens with zero attached hydrogens (tertiary/aromatic N) is 3. The number of hydrogen-bond acceptors (Lipinski definition) is 4. The average Bonchev–Trinajstić information content (AvgIpc) is 2.49. The first-order valence-electron chi connectivity index (χ1n) is 7.02. The zero-order chi connectivity index (χ0) is 13.8. The van der Waals surface area contributed by atoms with Crippen LogP contribution in [0.3, 0.4) is 0 Å². The predicted molar refractivity (Wildman–Crippen MR) is 77.7 cm³/mol. The summed E-state index contributed by atoms with van der Waals surface area (Å²) in [5, 5.41) is 6.11. The van der Waals surface area contributed by atoms with E-state index < -0.39 is 0 Å². The van der Waals surface area contributed by atoms with Gasteiger partial charge in [-0.3, -0.25) is 0 Å². The molecule has 1 aromatic carbocycles. The highest BCUT2D eigenvalue weighted by Gasteiger charge is 2.20. The number of aromatic nitrogens is 3. The lowest BCUT2D eigenvalue weighted by molar-refractivity contribution is 0.401. The van der Waals surface area contributed by atoms with Gasteiger partial charge in [0.05, 0.1) is 6.20 Å². The molecule has 5 heteroatoms. The van der Waals surface area contributed by atoms with Crippen molar-refractivity contribution in [3.63, 3.8) is 0 Å².